The number of fused-ring (bicyclic) bond motifs is 1. The first-order valence-corrected chi connectivity index (χ1v) is 10.9. The van der Waals surface area contributed by atoms with Gasteiger partial charge >= 0.3 is 5.91 Å². The Hall–Kier alpha value is -4.42. The third-order valence-corrected chi connectivity index (χ3v) is 5.56. The van der Waals surface area contributed by atoms with Gasteiger partial charge in [-0.15, -0.1) is 0 Å². The van der Waals surface area contributed by atoms with Gasteiger partial charge in [-0.3, -0.25) is 4.79 Å². The van der Waals surface area contributed by atoms with E-state index in [0.717, 1.165) is 22.3 Å². The molecule has 2 aromatic heterocycles. The standard InChI is InChI=1S/C27H19ClN4O2/c28-20-13-11-17(12-14-20)16-30-32-26(33)25-24(29)23-21(18-7-3-1-4-8-18)15-22(31-27(23)34-25)19-9-5-2-6-10-19/h1-16H,29H2,(H,32,33)/b30-16-. The molecular formula is C27H19ClN4O2. The maximum Gasteiger partial charge on any atom is 0.309 e. The minimum Gasteiger partial charge on any atom is -0.430 e. The van der Waals surface area contributed by atoms with Crippen LogP contribution >= 0.6 is 11.6 Å². The minimum absolute atomic E-state index is 0.0434. The first-order chi connectivity index (χ1) is 16.6. The highest BCUT2D eigenvalue weighted by Crippen LogP contribution is 2.38. The molecule has 0 aliphatic heterocycles. The monoisotopic (exact) mass is 466 g/mol. The van der Waals surface area contributed by atoms with E-state index in [2.05, 4.69) is 15.5 Å². The summed E-state index contributed by atoms with van der Waals surface area (Å²) < 4.78 is 5.86. The Morgan fingerprint density at radius 3 is 2.26 bits per heavy atom. The van der Waals surface area contributed by atoms with Gasteiger partial charge in [-0.2, -0.15) is 5.10 Å². The van der Waals surface area contributed by atoms with Crippen molar-refractivity contribution in [2.24, 2.45) is 5.10 Å². The first-order valence-electron chi connectivity index (χ1n) is 10.5. The molecule has 0 aliphatic carbocycles. The third-order valence-electron chi connectivity index (χ3n) is 5.31. The number of halogens is 1. The maximum atomic E-state index is 12.8. The van der Waals surface area contributed by atoms with Crippen LogP contribution in [0.5, 0.6) is 0 Å². The number of amides is 1. The lowest BCUT2D eigenvalue weighted by molar-refractivity contribution is 0.0930. The summed E-state index contributed by atoms with van der Waals surface area (Å²) in [7, 11) is 0. The van der Waals surface area contributed by atoms with E-state index in [-0.39, 0.29) is 17.2 Å². The number of pyridine rings is 1. The number of hydrazone groups is 1. The zero-order chi connectivity index (χ0) is 23.5. The average Bonchev–Trinajstić information content (AvgIpc) is 3.22. The Bertz CT molecular complexity index is 1500. The predicted octanol–water partition coefficient (Wildman–Crippen LogP) is 6.16. The summed E-state index contributed by atoms with van der Waals surface area (Å²) in [6, 6.07) is 28.6. The molecule has 0 atom stereocenters. The van der Waals surface area contributed by atoms with Crippen molar-refractivity contribution in [3.8, 4) is 22.4 Å². The second kappa shape index (κ2) is 9.21. The van der Waals surface area contributed by atoms with Crippen LogP contribution in [0, 0.1) is 0 Å². The van der Waals surface area contributed by atoms with Gasteiger partial charge in [0.15, 0.2) is 0 Å². The smallest absolute Gasteiger partial charge is 0.309 e. The molecule has 6 nitrogen and oxygen atoms in total. The third kappa shape index (κ3) is 4.27. The summed E-state index contributed by atoms with van der Waals surface area (Å²) >= 11 is 5.89. The van der Waals surface area contributed by atoms with Crippen molar-refractivity contribution in [2.45, 2.75) is 0 Å². The Balaban J connectivity index is 1.55. The fourth-order valence-electron chi connectivity index (χ4n) is 3.66. The number of carbonyl (C=O) groups is 1. The molecule has 0 bridgehead atoms. The number of carbonyl (C=O) groups excluding carboxylic acids is 1. The van der Waals surface area contributed by atoms with Crippen molar-refractivity contribution in [2.75, 3.05) is 5.73 Å². The van der Waals surface area contributed by atoms with E-state index < -0.39 is 5.91 Å². The van der Waals surface area contributed by atoms with Crippen molar-refractivity contribution >= 4 is 40.5 Å². The molecule has 0 spiro atoms. The summed E-state index contributed by atoms with van der Waals surface area (Å²) in [6.07, 6.45) is 1.51. The molecule has 3 N–H and O–H groups in total. The van der Waals surface area contributed by atoms with E-state index in [1.165, 1.54) is 6.21 Å². The molecule has 1 amide bonds. The molecular weight excluding hydrogens is 448 g/mol. The van der Waals surface area contributed by atoms with Crippen molar-refractivity contribution in [3.05, 3.63) is 107 Å². The minimum atomic E-state index is -0.569. The zero-order valence-electron chi connectivity index (χ0n) is 17.9. The Kier molecular flexibility index (Phi) is 5.81. The van der Waals surface area contributed by atoms with Gasteiger partial charge in [-0.05, 0) is 34.9 Å². The molecule has 0 saturated heterocycles. The van der Waals surface area contributed by atoms with Gasteiger partial charge in [0.05, 0.1) is 23.0 Å². The van der Waals surface area contributed by atoms with E-state index in [4.69, 9.17) is 21.8 Å². The van der Waals surface area contributed by atoms with Crippen LogP contribution in [-0.2, 0) is 0 Å². The SMILES string of the molecule is Nc1c(C(=O)N/N=C\c2ccc(Cl)cc2)oc2nc(-c3ccccc3)cc(-c3ccccc3)c12. The molecule has 0 unspecified atom stereocenters. The van der Waals surface area contributed by atoms with E-state index in [9.17, 15) is 4.79 Å². The number of aromatic nitrogens is 1. The fourth-order valence-corrected chi connectivity index (χ4v) is 3.78. The number of furan rings is 1. The van der Waals surface area contributed by atoms with Crippen LogP contribution in [0.1, 0.15) is 16.1 Å². The number of hydrogen-bond acceptors (Lipinski definition) is 5. The van der Waals surface area contributed by atoms with Gasteiger partial charge in [-0.25, -0.2) is 10.4 Å². The van der Waals surface area contributed by atoms with E-state index in [0.29, 0.717) is 16.1 Å². The van der Waals surface area contributed by atoms with Crippen LogP contribution < -0.4 is 11.2 Å². The number of nitrogen functional groups attached to an aromatic ring is 1. The van der Waals surface area contributed by atoms with Crippen molar-refractivity contribution in [3.63, 3.8) is 0 Å². The predicted molar refractivity (Wildman–Crippen MR) is 136 cm³/mol. The molecule has 0 radical (unpaired) electrons. The Morgan fingerprint density at radius 2 is 1.59 bits per heavy atom. The lowest BCUT2D eigenvalue weighted by Crippen LogP contribution is -2.18. The number of nitrogens with zero attached hydrogens (tertiary/aromatic N) is 2. The largest absolute Gasteiger partial charge is 0.430 e. The Morgan fingerprint density at radius 1 is 0.941 bits per heavy atom. The second-order valence-corrected chi connectivity index (χ2v) is 8.00. The van der Waals surface area contributed by atoms with Crippen LogP contribution in [0.15, 0.2) is 101 Å². The number of anilines is 1. The first kappa shape index (κ1) is 21.4. The summed E-state index contributed by atoms with van der Waals surface area (Å²) in [5, 5.41) is 5.20. The number of hydrogen-bond donors (Lipinski definition) is 2. The van der Waals surface area contributed by atoms with Gasteiger partial charge in [0, 0.05) is 10.6 Å². The molecule has 2 heterocycles. The second-order valence-electron chi connectivity index (χ2n) is 7.56. The van der Waals surface area contributed by atoms with Crippen LogP contribution in [0.2, 0.25) is 5.02 Å². The maximum absolute atomic E-state index is 12.8. The molecule has 7 heteroatoms. The normalized spacial score (nSPS) is 11.2. The summed E-state index contributed by atoms with van der Waals surface area (Å²) in [5.74, 6) is -0.612. The number of nitrogens with two attached hydrogens (primary N) is 1. The number of rotatable bonds is 5. The van der Waals surface area contributed by atoms with Crippen LogP contribution in [0.3, 0.4) is 0 Å². The Labute approximate surface area is 200 Å². The van der Waals surface area contributed by atoms with Crippen molar-refractivity contribution < 1.29 is 9.21 Å². The zero-order valence-corrected chi connectivity index (χ0v) is 18.7. The van der Waals surface area contributed by atoms with Crippen LogP contribution in [0.4, 0.5) is 5.69 Å². The van der Waals surface area contributed by atoms with Gasteiger partial charge in [0.1, 0.15) is 0 Å². The molecule has 34 heavy (non-hydrogen) atoms. The number of benzene rings is 3. The van der Waals surface area contributed by atoms with Crippen LogP contribution in [0.25, 0.3) is 33.5 Å². The summed E-state index contributed by atoms with van der Waals surface area (Å²) in [5.41, 5.74) is 13.5. The molecule has 0 aliphatic rings. The highest BCUT2D eigenvalue weighted by atomic mass is 35.5. The lowest BCUT2D eigenvalue weighted by Gasteiger charge is -2.07. The lowest BCUT2D eigenvalue weighted by atomic mass is 9.99. The molecule has 5 rings (SSSR count). The van der Waals surface area contributed by atoms with E-state index in [1.807, 2.05) is 66.7 Å². The molecule has 3 aromatic carbocycles. The van der Waals surface area contributed by atoms with Gasteiger partial charge in [0.2, 0.25) is 11.5 Å². The highest BCUT2D eigenvalue weighted by molar-refractivity contribution is 6.30. The summed E-state index contributed by atoms with van der Waals surface area (Å²) in [4.78, 5) is 17.5. The van der Waals surface area contributed by atoms with Crippen molar-refractivity contribution in [1.82, 2.24) is 10.4 Å². The molecule has 166 valence electrons. The van der Waals surface area contributed by atoms with Crippen molar-refractivity contribution in [1.29, 1.82) is 0 Å². The highest BCUT2D eigenvalue weighted by Gasteiger charge is 2.23. The topological polar surface area (TPSA) is 93.5 Å². The van der Waals surface area contributed by atoms with Gasteiger partial charge in [0.25, 0.3) is 0 Å². The average molecular weight is 467 g/mol. The quantitative estimate of drug-likeness (QED) is 0.239. The van der Waals surface area contributed by atoms with Gasteiger partial charge in [-0.1, -0.05) is 84.4 Å². The summed E-state index contributed by atoms with van der Waals surface area (Å²) in [6.45, 7) is 0. The van der Waals surface area contributed by atoms with E-state index >= 15 is 0 Å². The molecule has 0 saturated carbocycles. The molecule has 0 fully saturated rings. The fraction of sp³-hybridized carbons (Fsp3) is 0. The van der Waals surface area contributed by atoms with Crippen LogP contribution in [-0.4, -0.2) is 17.1 Å². The van der Waals surface area contributed by atoms with Gasteiger partial charge < -0.3 is 10.2 Å². The molecule has 5 aromatic rings. The number of nitrogens with one attached hydrogen (secondary N) is 1. The van der Waals surface area contributed by atoms with E-state index in [1.54, 1.807) is 24.3 Å².